The third kappa shape index (κ3) is 7.15. The lowest BCUT2D eigenvalue weighted by atomic mass is 10.1. The summed E-state index contributed by atoms with van der Waals surface area (Å²) in [6.07, 6.45) is 0.115. The van der Waals surface area contributed by atoms with Crippen molar-refractivity contribution in [3.63, 3.8) is 0 Å². The van der Waals surface area contributed by atoms with Crippen LogP contribution in [0.1, 0.15) is 23.7 Å². The Morgan fingerprint density at radius 1 is 0.907 bits per heavy atom. The second-order valence-corrected chi connectivity index (χ2v) is 13.5. The standard InChI is InChI=1S/C31H33N3O7S2/c1-21(35)42-24-18-28(30(37)32(2)20-29(36)33(3)27-13-9-8-12-26(27)31(38)41-4)34(19-24)43(39,40)25-16-14-23(15-17-25)22-10-6-5-7-11-22/h5-17,24,28H,18-20H2,1-4H3. The highest BCUT2D eigenvalue weighted by molar-refractivity contribution is 8.14. The molecular formula is C31H33N3O7S2. The molecule has 0 N–H and O–H groups in total. The minimum atomic E-state index is -4.13. The fourth-order valence-corrected chi connectivity index (χ4v) is 7.70. The molecule has 1 aliphatic heterocycles. The molecule has 0 aliphatic carbocycles. The first-order valence-corrected chi connectivity index (χ1v) is 15.8. The van der Waals surface area contributed by atoms with Crippen LogP contribution in [-0.4, -0.2) is 86.1 Å². The van der Waals surface area contributed by atoms with E-state index in [1.54, 1.807) is 30.3 Å². The first-order valence-electron chi connectivity index (χ1n) is 13.5. The molecule has 0 bridgehead atoms. The van der Waals surface area contributed by atoms with Gasteiger partial charge < -0.3 is 14.5 Å². The number of methoxy groups -OCH3 is 1. The summed E-state index contributed by atoms with van der Waals surface area (Å²) < 4.78 is 33.6. The smallest absolute Gasteiger partial charge is 0.339 e. The third-order valence-corrected chi connectivity index (χ3v) is 10.1. The van der Waals surface area contributed by atoms with Gasteiger partial charge >= 0.3 is 5.97 Å². The molecule has 2 atom stereocenters. The Hall–Kier alpha value is -4.00. The molecule has 12 heteroatoms. The van der Waals surface area contributed by atoms with Crippen LogP contribution in [0.4, 0.5) is 5.69 Å². The van der Waals surface area contributed by atoms with E-state index in [1.807, 2.05) is 30.3 Å². The highest BCUT2D eigenvalue weighted by Gasteiger charge is 2.45. The summed E-state index contributed by atoms with van der Waals surface area (Å²) >= 11 is 0.997. The molecule has 0 saturated carbocycles. The summed E-state index contributed by atoms with van der Waals surface area (Å²) in [7, 11) is 0.0161. The van der Waals surface area contributed by atoms with E-state index >= 15 is 0 Å². The number of nitrogens with zero attached hydrogens (tertiary/aromatic N) is 3. The Morgan fingerprint density at radius 3 is 2.14 bits per heavy atom. The van der Waals surface area contributed by atoms with Crippen LogP contribution >= 0.6 is 11.8 Å². The average molecular weight is 624 g/mol. The number of ether oxygens (including phenoxy) is 1. The van der Waals surface area contributed by atoms with Gasteiger partial charge in [0, 0.05) is 32.8 Å². The van der Waals surface area contributed by atoms with Crippen LogP contribution in [0.2, 0.25) is 0 Å². The zero-order valence-electron chi connectivity index (χ0n) is 24.3. The van der Waals surface area contributed by atoms with Crippen LogP contribution in [0.25, 0.3) is 11.1 Å². The lowest BCUT2D eigenvalue weighted by Gasteiger charge is -2.28. The molecule has 1 heterocycles. The van der Waals surface area contributed by atoms with Gasteiger partial charge in [0.2, 0.25) is 21.8 Å². The van der Waals surface area contributed by atoms with E-state index in [2.05, 4.69) is 0 Å². The van der Waals surface area contributed by atoms with E-state index in [0.717, 1.165) is 27.2 Å². The fraction of sp³-hybridized carbons (Fsp3) is 0.290. The Labute approximate surface area is 255 Å². The Bertz CT molecular complexity index is 1610. The second kappa shape index (κ2) is 13.5. The van der Waals surface area contributed by atoms with Crippen molar-refractivity contribution in [2.24, 2.45) is 0 Å². The summed E-state index contributed by atoms with van der Waals surface area (Å²) in [4.78, 5) is 53.4. The number of benzene rings is 3. The molecular weight excluding hydrogens is 590 g/mol. The molecule has 3 aromatic rings. The summed E-state index contributed by atoms with van der Waals surface area (Å²) in [5, 5.41) is -0.611. The normalized spacial score (nSPS) is 16.8. The second-order valence-electron chi connectivity index (χ2n) is 10.1. The quantitative estimate of drug-likeness (QED) is 0.331. The van der Waals surface area contributed by atoms with Crippen LogP contribution in [0.15, 0.2) is 83.8 Å². The van der Waals surface area contributed by atoms with Crippen LogP contribution in [-0.2, 0) is 29.1 Å². The van der Waals surface area contributed by atoms with Crippen molar-refractivity contribution in [2.75, 3.05) is 39.2 Å². The van der Waals surface area contributed by atoms with E-state index in [4.69, 9.17) is 4.74 Å². The Balaban J connectivity index is 1.55. The molecule has 2 unspecified atom stereocenters. The number of carbonyl (C=O) groups is 4. The highest BCUT2D eigenvalue weighted by atomic mass is 32.2. The number of rotatable bonds is 9. The lowest BCUT2D eigenvalue weighted by Crippen LogP contribution is -2.49. The maximum atomic E-state index is 13.8. The topological polar surface area (TPSA) is 121 Å². The van der Waals surface area contributed by atoms with Crippen LogP contribution in [0.3, 0.4) is 0 Å². The first kappa shape index (κ1) is 31.9. The number of para-hydroxylation sites is 1. The molecule has 0 radical (unpaired) electrons. The number of anilines is 1. The predicted molar refractivity (Wildman–Crippen MR) is 165 cm³/mol. The number of amides is 2. The molecule has 226 valence electrons. The van der Waals surface area contributed by atoms with Crippen molar-refractivity contribution < 1.29 is 32.3 Å². The van der Waals surface area contributed by atoms with Crippen LogP contribution < -0.4 is 4.90 Å². The largest absolute Gasteiger partial charge is 0.465 e. The van der Waals surface area contributed by atoms with Gasteiger partial charge in [0.05, 0.1) is 29.8 Å². The van der Waals surface area contributed by atoms with Gasteiger partial charge in [-0.1, -0.05) is 66.4 Å². The maximum Gasteiger partial charge on any atom is 0.339 e. The average Bonchev–Trinajstić information content (AvgIpc) is 3.44. The number of likely N-dealkylation sites (N-methyl/N-ethyl adjacent to an activating group) is 2. The lowest BCUT2D eigenvalue weighted by molar-refractivity contribution is -0.136. The fourth-order valence-electron chi connectivity index (χ4n) is 4.99. The van der Waals surface area contributed by atoms with Gasteiger partial charge in [0.25, 0.3) is 0 Å². The van der Waals surface area contributed by atoms with Crippen molar-refractivity contribution in [3.8, 4) is 11.1 Å². The molecule has 10 nitrogen and oxygen atoms in total. The van der Waals surface area contributed by atoms with Gasteiger partial charge in [-0.3, -0.25) is 14.4 Å². The predicted octanol–water partition coefficient (Wildman–Crippen LogP) is 3.67. The maximum absolute atomic E-state index is 13.8. The number of hydrogen-bond acceptors (Lipinski definition) is 8. The summed E-state index contributed by atoms with van der Waals surface area (Å²) in [6.45, 7) is 0.997. The Morgan fingerprint density at radius 2 is 1.51 bits per heavy atom. The molecule has 1 saturated heterocycles. The number of hydrogen-bond donors (Lipinski definition) is 0. The van der Waals surface area contributed by atoms with Crippen molar-refractivity contribution >= 4 is 50.4 Å². The van der Waals surface area contributed by atoms with Crippen molar-refractivity contribution in [1.82, 2.24) is 9.21 Å². The van der Waals surface area contributed by atoms with Gasteiger partial charge in [0.15, 0.2) is 5.12 Å². The molecule has 3 aromatic carbocycles. The van der Waals surface area contributed by atoms with Gasteiger partial charge in [0.1, 0.15) is 6.04 Å². The first-order chi connectivity index (χ1) is 20.4. The van der Waals surface area contributed by atoms with Crippen molar-refractivity contribution in [3.05, 3.63) is 84.4 Å². The molecule has 0 spiro atoms. The van der Waals surface area contributed by atoms with Gasteiger partial charge in [-0.25, -0.2) is 13.2 Å². The van der Waals surface area contributed by atoms with E-state index in [1.165, 1.54) is 56.1 Å². The minimum Gasteiger partial charge on any atom is -0.465 e. The number of esters is 1. The molecule has 0 aromatic heterocycles. The summed E-state index contributed by atoms with van der Waals surface area (Å²) in [6, 6.07) is 21.3. The molecule has 43 heavy (non-hydrogen) atoms. The molecule has 1 fully saturated rings. The van der Waals surface area contributed by atoms with Crippen molar-refractivity contribution in [2.45, 2.75) is 29.5 Å². The molecule has 2 amide bonds. The van der Waals surface area contributed by atoms with Crippen molar-refractivity contribution in [1.29, 1.82) is 0 Å². The number of carbonyl (C=O) groups excluding carboxylic acids is 4. The monoisotopic (exact) mass is 623 g/mol. The van der Waals surface area contributed by atoms with Gasteiger partial charge in [-0.2, -0.15) is 4.31 Å². The van der Waals surface area contributed by atoms with Crippen LogP contribution in [0, 0.1) is 0 Å². The summed E-state index contributed by atoms with van der Waals surface area (Å²) in [5.74, 6) is -1.68. The molecule has 4 rings (SSSR count). The SMILES string of the molecule is COC(=O)c1ccccc1N(C)C(=O)CN(C)C(=O)C1CC(SC(C)=O)CN1S(=O)(=O)c1ccc(-c2ccccc2)cc1. The van der Waals surface area contributed by atoms with E-state index in [0.29, 0.717) is 5.69 Å². The minimum absolute atomic E-state index is 0.0244. The zero-order chi connectivity index (χ0) is 31.3. The van der Waals surface area contributed by atoms with Gasteiger partial charge in [-0.15, -0.1) is 0 Å². The third-order valence-electron chi connectivity index (χ3n) is 7.20. The summed E-state index contributed by atoms with van der Waals surface area (Å²) in [5.41, 5.74) is 2.27. The number of sulfonamides is 1. The van der Waals surface area contributed by atoms with E-state index < -0.39 is 39.1 Å². The van der Waals surface area contributed by atoms with Crippen LogP contribution in [0.5, 0.6) is 0 Å². The van der Waals surface area contributed by atoms with E-state index in [-0.39, 0.29) is 35.1 Å². The highest BCUT2D eigenvalue weighted by Crippen LogP contribution is 2.34. The number of thioether (sulfide) groups is 1. The van der Waals surface area contributed by atoms with E-state index in [9.17, 15) is 27.6 Å². The Kier molecular flexibility index (Phi) is 10.0. The molecule has 1 aliphatic rings. The van der Waals surface area contributed by atoms with Gasteiger partial charge in [-0.05, 0) is 41.8 Å². The zero-order valence-corrected chi connectivity index (χ0v) is 25.9.